The second kappa shape index (κ2) is 6.96. The number of halogens is 3. The molecule has 1 atom stereocenters. The normalized spacial score (nSPS) is 12.6. The van der Waals surface area contributed by atoms with Crippen LogP contribution in [0, 0.1) is 5.92 Å². The fraction of sp³-hybridized carbons (Fsp3) is 0.385. The summed E-state index contributed by atoms with van der Waals surface area (Å²) in [5, 5.41) is 13.3. The molecule has 1 aromatic rings. The van der Waals surface area contributed by atoms with Crippen molar-refractivity contribution < 1.29 is 27.9 Å². The lowest BCUT2D eigenvalue weighted by Crippen LogP contribution is -2.38. The van der Waals surface area contributed by atoms with Gasteiger partial charge in [-0.2, -0.15) is 13.2 Å². The van der Waals surface area contributed by atoms with Crippen LogP contribution in [0.2, 0.25) is 0 Å². The number of rotatable bonds is 5. The Bertz CT molecular complexity index is 518. The Morgan fingerprint density at radius 2 is 1.95 bits per heavy atom. The van der Waals surface area contributed by atoms with E-state index < -0.39 is 29.7 Å². The van der Waals surface area contributed by atoms with Crippen LogP contribution in [0.4, 0.5) is 18.0 Å². The molecule has 116 valence electrons. The van der Waals surface area contributed by atoms with E-state index in [9.17, 15) is 22.8 Å². The first-order valence-corrected chi connectivity index (χ1v) is 6.11. The van der Waals surface area contributed by atoms with E-state index >= 15 is 0 Å². The number of carboxylic acids is 1. The van der Waals surface area contributed by atoms with Crippen LogP contribution in [-0.4, -0.2) is 23.7 Å². The van der Waals surface area contributed by atoms with Crippen LogP contribution >= 0.6 is 0 Å². The summed E-state index contributed by atoms with van der Waals surface area (Å²) in [5.74, 6) is -1.79. The highest BCUT2D eigenvalue weighted by molar-refractivity contribution is 5.75. The van der Waals surface area contributed by atoms with Gasteiger partial charge in [0, 0.05) is 13.1 Å². The molecule has 1 unspecified atom stereocenters. The average Bonchev–Trinajstić information content (AvgIpc) is 2.41. The van der Waals surface area contributed by atoms with E-state index in [2.05, 4.69) is 10.6 Å². The van der Waals surface area contributed by atoms with Crippen molar-refractivity contribution in [2.75, 3.05) is 6.54 Å². The van der Waals surface area contributed by atoms with Gasteiger partial charge < -0.3 is 15.7 Å². The van der Waals surface area contributed by atoms with Crippen molar-refractivity contribution in [3.05, 3.63) is 35.4 Å². The standard InChI is InChI=1S/C13H15F3N2O3/c1-8(11(19)20)6-17-12(21)18-7-9-3-2-4-10(5-9)13(14,15)16/h2-5,8H,6-7H2,1H3,(H,19,20)(H2,17,18,21). The fourth-order valence-corrected chi connectivity index (χ4v) is 1.44. The molecular formula is C13H15F3N2O3. The number of hydrogen-bond acceptors (Lipinski definition) is 2. The van der Waals surface area contributed by atoms with Gasteiger partial charge in [0.05, 0.1) is 11.5 Å². The summed E-state index contributed by atoms with van der Waals surface area (Å²) < 4.78 is 37.5. The monoisotopic (exact) mass is 304 g/mol. The summed E-state index contributed by atoms with van der Waals surface area (Å²) in [6, 6.07) is 3.96. The third kappa shape index (κ3) is 5.72. The SMILES string of the molecule is CC(CNC(=O)NCc1cccc(C(F)(F)F)c1)C(=O)O. The molecule has 0 saturated carbocycles. The molecule has 1 aromatic carbocycles. The number of nitrogens with one attached hydrogen (secondary N) is 2. The van der Waals surface area contributed by atoms with Crippen LogP contribution in [0.1, 0.15) is 18.1 Å². The van der Waals surface area contributed by atoms with Crippen LogP contribution < -0.4 is 10.6 Å². The average molecular weight is 304 g/mol. The predicted octanol–water partition coefficient (Wildman–Crippen LogP) is 2.23. The molecule has 3 N–H and O–H groups in total. The second-order valence-corrected chi connectivity index (χ2v) is 4.50. The van der Waals surface area contributed by atoms with Gasteiger partial charge in [-0.25, -0.2) is 4.79 Å². The molecule has 8 heteroatoms. The minimum absolute atomic E-state index is 0.0657. The van der Waals surface area contributed by atoms with E-state index in [0.29, 0.717) is 5.56 Å². The van der Waals surface area contributed by atoms with Gasteiger partial charge in [0.2, 0.25) is 0 Å². The van der Waals surface area contributed by atoms with Gasteiger partial charge in [0.25, 0.3) is 0 Å². The van der Waals surface area contributed by atoms with E-state index in [-0.39, 0.29) is 13.1 Å². The van der Waals surface area contributed by atoms with E-state index in [0.717, 1.165) is 12.1 Å². The highest BCUT2D eigenvalue weighted by Gasteiger charge is 2.30. The molecular weight excluding hydrogens is 289 g/mol. The highest BCUT2D eigenvalue weighted by Crippen LogP contribution is 2.29. The number of benzene rings is 1. The maximum atomic E-state index is 12.5. The van der Waals surface area contributed by atoms with E-state index in [1.165, 1.54) is 19.1 Å². The van der Waals surface area contributed by atoms with Gasteiger partial charge in [-0.15, -0.1) is 0 Å². The first kappa shape index (κ1) is 16.8. The van der Waals surface area contributed by atoms with Crippen molar-refractivity contribution in [1.29, 1.82) is 0 Å². The third-order valence-corrected chi connectivity index (χ3v) is 2.70. The molecule has 0 bridgehead atoms. The zero-order valence-electron chi connectivity index (χ0n) is 11.2. The molecule has 0 aromatic heterocycles. The number of alkyl halides is 3. The lowest BCUT2D eigenvalue weighted by molar-refractivity contribution is -0.141. The predicted molar refractivity (Wildman–Crippen MR) is 68.5 cm³/mol. The maximum Gasteiger partial charge on any atom is 0.416 e. The number of hydrogen-bond donors (Lipinski definition) is 3. The van der Waals surface area contributed by atoms with Gasteiger partial charge in [-0.05, 0) is 17.7 Å². The molecule has 2 amide bonds. The van der Waals surface area contributed by atoms with Crippen molar-refractivity contribution >= 4 is 12.0 Å². The summed E-state index contributed by atoms with van der Waals surface area (Å²) in [7, 11) is 0. The Kier molecular flexibility index (Phi) is 5.57. The van der Waals surface area contributed by atoms with Gasteiger partial charge in [-0.3, -0.25) is 4.79 Å². The fourth-order valence-electron chi connectivity index (χ4n) is 1.44. The Labute approximate surface area is 119 Å². The molecule has 0 aliphatic rings. The van der Waals surface area contributed by atoms with Crippen molar-refractivity contribution in [3.8, 4) is 0 Å². The maximum absolute atomic E-state index is 12.5. The molecule has 0 spiro atoms. The summed E-state index contributed by atoms with van der Waals surface area (Å²) in [6.07, 6.45) is -4.44. The third-order valence-electron chi connectivity index (χ3n) is 2.70. The van der Waals surface area contributed by atoms with E-state index in [1.807, 2.05) is 0 Å². The summed E-state index contributed by atoms with van der Waals surface area (Å²) in [5.41, 5.74) is -0.493. The Morgan fingerprint density at radius 1 is 1.29 bits per heavy atom. The topological polar surface area (TPSA) is 78.4 Å². The minimum Gasteiger partial charge on any atom is -0.481 e. The van der Waals surface area contributed by atoms with E-state index in [1.54, 1.807) is 0 Å². The van der Waals surface area contributed by atoms with Crippen molar-refractivity contribution in [2.45, 2.75) is 19.6 Å². The molecule has 5 nitrogen and oxygen atoms in total. The van der Waals surface area contributed by atoms with Crippen LogP contribution in [0.3, 0.4) is 0 Å². The van der Waals surface area contributed by atoms with Crippen LogP contribution in [0.25, 0.3) is 0 Å². The van der Waals surface area contributed by atoms with Crippen LogP contribution in [0.5, 0.6) is 0 Å². The number of carbonyl (C=O) groups excluding carboxylic acids is 1. The van der Waals surface area contributed by atoms with Crippen molar-refractivity contribution in [3.63, 3.8) is 0 Å². The minimum atomic E-state index is -4.44. The summed E-state index contributed by atoms with van der Waals surface area (Å²) in [6.45, 7) is 1.27. The lowest BCUT2D eigenvalue weighted by Gasteiger charge is -2.11. The first-order chi connectivity index (χ1) is 9.70. The first-order valence-electron chi connectivity index (χ1n) is 6.11. The molecule has 0 saturated heterocycles. The molecule has 0 aliphatic heterocycles. The number of carboxylic acid groups (broad SMARTS) is 1. The number of aliphatic carboxylic acids is 1. The molecule has 0 aliphatic carbocycles. The smallest absolute Gasteiger partial charge is 0.416 e. The largest absolute Gasteiger partial charge is 0.481 e. The lowest BCUT2D eigenvalue weighted by atomic mass is 10.1. The quantitative estimate of drug-likeness (QED) is 0.780. The Morgan fingerprint density at radius 3 is 2.52 bits per heavy atom. The zero-order chi connectivity index (χ0) is 16.0. The van der Waals surface area contributed by atoms with Crippen molar-refractivity contribution in [1.82, 2.24) is 10.6 Å². The second-order valence-electron chi connectivity index (χ2n) is 4.50. The summed E-state index contributed by atoms with van der Waals surface area (Å²) >= 11 is 0. The summed E-state index contributed by atoms with van der Waals surface area (Å²) in [4.78, 5) is 21.9. The van der Waals surface area contributed by atoms with Crippen molar-refractivity contribution in [2.24, 2.45) is 5.92 Å². The number of urea groups is 1. The molecule has 0 radical (unpaired) electrons. The highest BCUT2D eigenvalue weighted by atomic mass is 19.4. The molecule has 1 rings (SSSR count). The van der Waals surface area contributed by atoms with Gasteiger partial charge in [0.15, 0.2) is 0 Å². The molecule has 0 fully saturated rings. The number of amides is 2. The zero-order valence-corrected chi connectivity index (χ0v) is 11.2. The van der Waals surface area contributed by atoms with Gasteiger partial charge >= 0.3 is 18.2 Å². The van der Waals surface area contributed by atoms with Crippen LogP contribution in [-0.2, 0) is 17.5 Å². The van der Waals surface area contributed by atoms with Gasteiger partial charge in [-0.1, -0.05) is 19.1 Å². The Balaban J connectivity index is 2.48. The van der Waals surface area contributed by atoms with Crippen LogP contribution in [0.15, 0.2) is 24.3 Å². The number of carbonyl (C=O) groups is 2. The van der Waals surface area contributed by atoms with Gasteiger partial charge in [0.1, 0.15) is 0 Å². The van der Waals surface area contributed by atoms with E-state index in [4.69, 9.17) is 5.11 Å². The molecule has 0 heterocycles. The Hall–Kier alpha value is -2.25. The molecule has 21 heavy (non-hydrogen) atoms.